The number of rotatable bonds is 5. The molecular weight excluding hydrogens is 262 g/mol. The van der Waals surface area contributed by atoms with Crippen LogP contribution in [0.4, 0.5) is 0 Å². The van der Waals surface area contributed by atoms with Crippen LogP contribution in [0.5, 0.6) is 0 Å². The van der Waals surface area contributed by atoms with Crippen molar-refractivity contribution in [2.75, 3.05) is 14.1 Å². The normalized spacial score (nSPS) is 13.8. The van der Waals surface area contributed by atoms with Crippen LogP contribution in [-0.2, 0) is 5.41 Å². The van der Waals surface area contributed by atoms with Gasteiger partial charge in [0.15, 0.2) is 5.69 Å². The van der Waals surface area contributed by atoms with Gasteiger partial charge in [-0.3, -0.25) is 5.73 Å². The van der Waals surface area contributed by atoms with E-state index in [4.69, 9.17) is 11.6 Å². The molecule has 114 valence electrons. The minimum atomic E-state index is -0.0869. The van der Waals surface area contributed by atoms with Crippen molar-refractivity contribution in [3.8, 4) is 0 Å². The van der Waals surface area contributed by atoms with Crippen LogP contribution in [0.3, 0.4) is 0 Å². The van der Waals surface area contributed by atoms with Gasteiger partial charge in [0.25, 0.3) is 0 Å². The number of pyridine rings is 1. The second-order valence-corrected chi connectivity index (χ2v) is 5.52. The highest BCUT2D eigenvalue weighted by Gasteiger charge is 2.18. The van der Waals surface area contributed by atoms with E-state index in [1.165, 1.54) is 5.12 Å². The Morgan fingerprint density at radius 3 is 2.48 bits per heavy atom. The first-order chi connectivity index (χ1) is 9.79. The summed E-state index contributed by atoms with van der Waals surface area (Å²) in [6, 6.07) is 3.95. The number of amidine groups is 1. The maximum atomic E-state index is 6.03. The third-order valence-electron chi connectivity index (χ3n) is 3.41. The van der Waals surface area contributed by atoms with E-state index in [-0.39, 0.29) is 5.41 Å². The lowest BCUT2D eigenvalue weighted by Gasteiger charge is -2.20. The lowest BCUT2D eigenvalue weighted by molar-refractivity contribution is -0.665. The van der Waals surface area contributed by atoms with Crippen LogP contribution in [0.25, 0.3) is 0 Å². The first-order valence-electron chi connectivity index (χ1n) is 6.91. The van der Waals surface area contributed by atoms with Gasteiger partial charge in [0.1, 0.15) is 7.05 Å². The van der Waals surface area contributed by atoms with Crippen LogP contribution in [-0.4, -0.2) is 34.7 Å². The second-order valence-electron chi connectivity index (χ2n) is 5.52. The van der Waals surface area contributed by atoms with Gasteiger partial charge in [0.05, 0.1) is 7.05 Å². The fourth-order valence-electron chi connectivity index (χ4n) is 1.77. The van der Waals surface area contributed by atoms with Crippen molar-refractivity contribution in [1.82, 2.24) is 10.1 Å². The summed E-state index contributed by atoms with van der Waals surface area (Å²) >= 11 is 0. The van der Waals surface area contributed by atoms with Gasteiger partial charge in [-0.25, -0.2) is 10.8 Å². The molecule has 0 amide bonds. The van der Waals surface area contributed by atoms with Crippen LogP contribution in [0, 0.1) is 0 Å². The van der Waals surface area contributed by atoms with E-state index in [2.05, 4.69) is 24.9 Å². The van der Waals surface area contributed by atoms with Crippen LogP contribution < -0.4 is 11.6 Å². The number of nitrogens with zero attached hydrogens (tertiary/aromatic N) is 3. The number of hydrazone groups is 1. The van der Waals surface area contributed by atoms with Crippen molar-refractivity contribution in [3.63, 3.8) is 0 Å². The lowest BCUT2D eigenvalue weighted by Crippen LogP contribution is -2.42. The van der Waals surface area contributed by atoms with Crippen molar-refractivity contribution in [1.29, 1.82) is 0 Å². The van der Waals surface area contributed by atoms with Gasteiger partial charge in [-0.05, 0) is 18.6 Å². The molecule has 0 aliphatic carbocycles. The molecule has 21 heavy (non-hydrogen) atoms. The minimum Gasteiger partial charge on any atom is -0.284 e. The van der Waals surface area contributed by atoms with E-state index in [1.807, 2.05) is 43.5 Å². The number of hydrazine groups is 2. The monoisotopic (exact) mass is 288 g/mol. The Morgan fingerprint density at radius 2 is 2.00 bits per heavy atom. The largest absolute Gasteiger partial charge is 0.318 e. The van der Waals surface area contributed by atoms with Gasteiger partial charge in [-0.2, -0.15) is 5.12 Å². The molecule has 0 fully saturated rings. The average molecular weight is 288 g/mol. The third kappa shape index (κ3) is 4.43. The average Bonchev–Trinajstić information content (AvgIpc) is 2.46. The molecule has 0 spiro atoms. The van der Waals surface area contributed by atoms with Gasteiger partial charge in [-0.15, -0.1) is 4.68 Å². The van der Waals surface area contributed by atoms with Crippen LogP contribution >= 0.6 is 0 Å². The summed E-state index contributed by atoms with van der Waals surface area (Å²) in [5.74, 6) is 6.16. The highest BCUT2D eigenvalue weighted by Crippen LogP contribution is 2.24. The summed E-state index contributed by atoms with van der Waals surface area (Å²) in [6.07, 6.45) is 10.1. The molecule has 1 heterocycles. The van der Waals surface area contributed by atoms with Crippen molar-refractivity contribution < 1.29 is 4.68 Å². The number of allylic oxidation sites excluding steroid dienone is 4. The topological polar surface area (TPSA) is 71.2 Å². The zero-order chi connectivity index (χ0) is 16.0. The second kappa shape index (κ2) is 7.04. The van der Waals surface area contributed by atoms with E-state index < -0.39 is 0 Å². The molecule has 0 radical (unpaired) electrons. The molecule has 0 aliphatic rings. The van der Waals surface area contributed by atoms with Crippen LogP contribution in [0.15, 0.2) is 42.6 Å². The number of hydrogen-bond acceptors (Lipinski definition) is 3. The predicted molar refractivity (Wildman–Crippen MR) is 87.6 cm³/mol. The maximum absolute atomic E-state index is 6.03. The molecule has 1 aromatic rings. The maximum Gasteiger partial charge on any atom is 0.318 e. The Bertz CT molecular complexity index is 551. The first-order valence-corrected chi connectivity index (χ1v) is 6.91. The fraction of sp³-hybridized carbons (Fsp3) is 0.375. The van der Waals surface area contributed by atoms with Crippen molar-refractivity contribution in [2.45, 2.75) is 26.2 Å². The molecule has 5 nitrogen and oxygen atoms in total. The van der Waals surface area contributed by atoms with Crippen LogP contribution in [0.1, 0.15) is 32.0 Å². The van der Waals surface area contributed by atoms with E-state index in [9.17, 15) is 0 Å². The van der Waals surface area contributed by atoms with Crippen LogP contribution in [0.2, 0.25) is 0 Å². The van der Waals surface area contributed by atoms with Gasteiger partial charge in [0.2, 0.25) is 0 Å². The first kappa shape index (κ1) is 16.9. The molecular formula is C16H26N5+. The molecule has 1 aromatic heterocycles. The van der Waals surface area contributed by atoms with Crippen molar-refractivity contribution in [3.05, 3.63) is 53.9 Å². The standard InChI is InChI=1S/C16H25N5/c1-6-7-8-11-16(2,3)13-9-10-14(19-12-13)15(17)20(4)21(5)18/h6-12,17H,18H2,1-5H3/p+1/b7-6-,11-8-. The molecule has 0 unspecified atom stereocenters. The zero-order valence-electron chi connectivity index (χ0n) is 13.5. The lowest BCUT2D eigenvalue weighted by atomic mass is 9.85. The summed E-state index contributed by atoms with van der Waals surface area (Å²) < 4.78 is 1.64. The van der Waals surface area contributed by atoms with Gasteiger partial charge in [-0.1, -0.05) is 44.2 Å². The quantitative estimate of drug-likeness (QED) is 0.215. The van der Waals surface area contributed by atoms with E-state index in [0.29, 0.717) is 11.5 Å². The third-order valence-corrected chi connectivity index (χ3v) is 3.41. The van der Waals surface area contributed by atoms with E-state index >= 15 is 0 Å². The number of aromatic nitrogens is 1. The number of hydrogen-bond donors (Lipinski definition) is 2. The molecule has 5 heteroatoms. The van der Waals surface area contributed by atoms with Gasteiger partial charge in [0, 0.05) is 11.6 Å². The Balaban J connectivity index is 3.05. The Morgan fingerprint density at radius 1 is 1.33 bits per heavy atom. The molecule has 0 saturated carbocycles. The molecule has 0 atom stereocenters. The van der Waals surface area contributed by atoms with Crippen molar-refractivity contribution >= 4 is 5.84 Å². The summed E-state index contributed by atoms with van der Waals surface area (Å²) in [6.45, 7) is 6.30. The highest BCUT2D eigenvalue weighted by atomic mass is 15.7. The zero-order valence-corrected chi connectivity index (χ0v) is 13.5. The van der Waals surface area contributed by atoms with E-state index in [0.717, 1.165) is 5.56 Å². The van der Waals surface area contributed by atoms with E-state index in [1.54, 1.807) is 18.8 Å². The molecule has 0 saturated heterocycles. The Hall–Kier alpha value is -2.14. The Kier molecular flexibility index (Phi) is 5.67. The predicted octanol–water partition coefficient (Wildman–Crippen LogP) is 1.56. The molecule has 0 aliphatic heterocycles. The highest BCUT2D eigenvalue weighted by molar-refractivity contribution is 5.91. The summed E-state index contributed by atoms with van der Waals surface area (Å²) in [5.41, 5.74) is 7.77. The summed E-state index contributed by atoms with van der Waals surface area (Å²) in [7, 11) is 3.51. The van der Waals surface area contributed by atoms with Gasteiger partial charge >= 0.3 is 5.84 Å². The summed E-state index contributed by atoms with van der Waals surface area (Å²) in [5, 5.41) is 1.41. The SMILES string of the molecule is C/C=C\C=C/C(C)(C)c1ccc(/C(N)=[N+](\C)N(C)N)nc1. The molecule has 4 N–H and O–H groups in total. The molecule has 0 bridgehead atoms. The summed E-state index contributed by atoms with van der Waals surface area (Å²) in [4.78, 5) is 4.44. The molecule has 0 aromatic carbocycles. The van der Waals surface area contributed by atoms with Crippen molar-refractivity contribution in [2.24, 2.45) is 11.6 Å². The number of nitrogens with two attached hydrogens (primary N) is 2. The smallest absolute Gasteiger partial charge is 0.284 e. The Labute approximate surface area is 127 Å². The van der Waals surface area contributed by atoms with Gasteiger partial charge < -0.3 is 0 Å². The fourth-order valence-corrected chi connectivity index (χ4v) is 1.77. The minimum absolute atomic E-state index is 0.0869. The molecule has 1 rings (SSSR count).